The minimum absolute atomic E-state index is 0.192. The van der Waals surface area contributed by atoms with Crippen molar-refractivity contribution in [1.29, 1.82) is 0 Å². The molecule has 20 heavy (non-hydrogen) atoms. The van der Waals surface area contributed by atoms with Gasteiger partial charge < -0.3 is 0 Å². The number of hydrogen-bond donors (Lipinski definition) is 0. The zero-order chi connectivity index (χ0) is 13.8. The molecule has 0 aliphatic heterocycles. The van der Waals surface area contributed by atoms with Gasteiger partial charge in [0, 0.05) is 10.9 Å². The average Bonchev–Trinajstić information content (AvgIpc) is 3.11. The smallest absolute Gasteiger partial charge is 0.137 e. The van der Waals surface area contributed by atoms with Crippen LogP contribution in [0.4, 0.5) is 0 Å². The van der Waals surface area contributed by atoms with E-state index in [4.69, 9.17) is 11.6 Å². The Hall–Kier alpha value is -2.21. The van der Waals surface area contributed by atoms with Crippen molar-refractivity contribution in [3.8, 4) is 0 Å². The Bertz CT molecular complexity index is 613. The second-order valence-corrected chi connectivity index (χ2v) is 4.92. The third-order valence-electron chi connectivity index (χ3n) is 3.07. The summed E-state index contributed by atoms with van der Waals surface area (Å²) >= 11 is 6.08. The fourth-order valence-electron chi connectivity index (χ4n) is 2.13. The minimum atomic E-state index is 0.192. The van der Waals surface area contributed by atoms with Gasteiger partial charge in [0.1, 0.15) is 25.3 Å². The molecule has 1 aromatic carbocycles. The molecule has 0 amide bonds. The molecule has 0 saturated carbocycles. The average molecular weight is 289 g/mol. The highest BCUT2D eigenvalue weighted by molar-refractivity contribution is 6.30. The fourth-order valence-corrected chi connectivity index (χ4v) is 2.33. The molecule has 0 spiro atoms. The Morgan fingerprint density at radius 1 is 1.00 bits per heavy atom. The van der Waals surface area contributed by atoms with Gasteiger partial charge in [-0.05, 0) is 17.7 Å². The maximum Gasteiger partial charge on any atom is 0.137 e. The minimum Gasteiger partial charge on any atom is -0.252 e. The molecular formula is C13H13ClN6. The van der Waals surface area contributed by atoms with Gasteiger partial charge in [-0.15, -0.1) is 0 Å². The third-order valence-corrected chi connectivity index (χ3v) is 3.30. The van der Waals surface area contributed by atoms with Crippen molar-refractivity contribution in [2.45, 2.75) is 19.0 Å². The van der Waals surface area contributed by atoms with Gasteiger partial charge in [0.05, 0.1) is 13.1 Å². The molecule has 102 valence electrons. The zero-order valence-electron chi connectivity index (χ0n) is 10.7. The summed E-state index contributed by atoms with van der Waals surface area (Å²) in [4.78, 5) is 7.95. The highest BCUT2D eigenvalue weighted by Crippen LogP contribution is 2.22. The van der Waals surface area contributed by atoms with Crippen LogP contribution in [0.15, 0.2) is 49.6 Å². The molecule has 0 aliphatic carbocycles. The first kappa shape index (κ1) is 12.8. The first-order chi connectivity index (χ1) is 9.81. The standard InChI is InChI=1S/C13H13ClN6/c14-13-3-1-2-11(4-13)12(5-19-9-15-7-17-19)6-20-10-16-8-18-20/h1-4,7-10,12H,5-6H2. The van der Waals surface area contributed by atoms with Crippen LogP contribution in [0.5, 0.6) is 0 Å². The second kappa shape index (κ2) is 5.83. The van der Waals surface area contributed by atoms with Gasteiger partial charge >= 0.3 is 0 Å². The van der Waals surface area contributed by atoms with Crippen molar-refractivity contribution in [1.82, 2.24) is 29.5 Å². The van der Waals surface area contributed by atoms with Crippen LogP contribution >= 0.6 is 11.6 Å². The van der Waals surface area contributed by atoms with Crippen LogP contribution in [0.25, 0.3) is 0 Å². The maximum atomic E-state index is 6.08. The number of benzene rings is 1. The fraction of sp³-hybridized carbons (Fsp3) is 0.231. The maximum absolute atomic E-state index is 6.08. The molecule has 2 aromatic heterocycles. The lowest BCUT2D eigenvalue weighted by Crippen LogP contribution is -2.16. The van der Waals surface area contributed by atoms with E-state index in [1.54, 1.807) is 12.7 Å². The molecule has 2 heterocycles. The summed E-state index contributed by atoms with van der Waals surface area (Å²) < 4.78 is 3.62. The van der Waals surface area contributed by atoms with Gasteiger partial charge in [0.25, 0.3) is 0 Å². The molecular weight excluding hydrogens is 276 g/mol. The zero-order valence-corrected chi connectivity index (χ0v) is 11.4. The van der Waals surface area contributed by atoms with Gasteiger partial charge in [0.15, 0.2) is 0 Å². The van der Waals surface area contributed by atoms with Crippen molar-refractivity contribution in [2.24, 2.45) is 0 Å². The molecule has 0 N–H and O–H groups in total. The Morgan fingerprint density at radius 2 is 1.65 bits per heavy atom. The molecule has 7 heteroatoms. The Morgan fingerprint density at radius 3 is 2.15 bits per heavy atom. The lowest BCUT2D eigenvalue weighted by molar-refractivity contribution is 0.437. The van der Waals surface area contributed by atoms with Crippen molar-refractivity contribution in [2.75, 3.05) is 0 Å². The van der Waals surface area contributed by atoms with Crippen LogP contribution in [-0.2, 0) is 13.1 Å². The van der Waals surface area contributed by atoms with Crippen LogP contribution in [-0.4, -0.2) is 29.5 Å². The van der Waals surface area contributed by atoms with E-state index in [2.05, 4.69) is 26.2 Å². The quantitative estimate of drug-likeness (QED) is 0.720. The van der Waals surface area contributed by atoms with Gasteiger partial charge in [0.2, 0.25) is 0 Å². The molecule has 0 saturated heterocycles. The van der Waals surface area contributed by atoms with Crippen LogP contribution < -0.4 is 0 Å². The first-order valence-corrected chi connectivity index (χ1v) is 6.59. The van der Waals surface area contributed by atoms with E-state index >= 15 is 0 Å². The lowest BCUT2D eigenvalue weighted by atomic mass is 9.99. The van der Waals surface area contributed by atoms with Crippen LogP contribution in [0.2, 0.25) is 5.02 Å². The van der Waals surface area contributed by atoms with E-state index in [1.165, 1.54) is 12.7 Å². The molecule has 0 atom stereocenters. The Kier molecular flexibility index (Phi) is 3.73. The van der Waals surface area contributed by atoms with Crippen LogP contribution in [0.1, 0.15) is 11.5 Å². The normalized spacial score (nSPS) is 11.1. The summed E-state index contributed by atoms with van der Waals surface area (Å²) in [5.74, 6) is 0.192. The summed E-state index contributed by atoms with van der Waals surface area (Å²) in [7, 11) is 0. The summed E-state index contributed by atoms with van der Waals surface area (Å²) in [5.41, 5.74) is 1.14. The van der Waals surface area contributed by atoms with Gasteiger partial charge in [-0.2, -0.15) is 10.2 Å². The molecule has 3 rings (SSSR count). The van der Waals surface area contributed by atoms with Crippen molar-refractivity contribution >= 4 is 11.6 Å². The number of halogens is 1. The highest BCUT2D eigenvalue weighted by atomic mass is 35.5. The largest absolute Gasteiger partial charge is 0.252 e. The van der Waals surface area contributed by atoms with E-state index in [-0.39, 0.29) is 5.92 Å². The summed E-state index contributed by atoms with van der Waals surface area (Å²) in [5, 5.41) is 9.05. The lowest BCUT2D eigenvalue weighted by Gasteiger charge is -2.17. The summed E-state index contributed by atoms with van der Waals surface area (Å²) in [6, 6.07) is 7.85. The van der Waals surface area contributed by atoms with Crippen molar-refractivity contribution in [3.05, 3.63) is 60.2 Å². The van der Waals surface area contributed by atoms with E-state index < -0.39 is 0 Å². The molecule has 0 bridgehead atoms. The second-order valence-electron chi connectivity index (χ2n) is 4.49. The first-order valence-electron chi connectivity index (χ1n) is 6.21. The molecule has 6 nitrogen and oxygen atoms in total. The van der Waals surface area contributed by atoms with E-state index in [0.29, 0.717) is 13.1 Å². The monoisotopic (exact) mass is 288 g/mol. The summed E-state index contributed by atoms with van der Waals surface area (Å²) in [6.45, 7) is 1.42. The van der Waals surface area contributed by atoms with E-state index in [9.17, 15) is 0 Å². The highest BCUT2D eigenvalue weighted by Gasteiger charge is 2.14. The predicted molar refractivity (Wildman–Crippen MR) is 74.2 cm³/mol. The SMILES string of the molecule is Clc1cccc(C(Cn2cncn2)Cn2cncn2)c1. The molecule has 3 aromatic rings. The number of rotatable bonds is 5. The topological polar surface area (TPSA) is 61.4 Å². The van der Waals surface area contributed by atoms with Gasteiger partial charge in [-0.3, -0.25) is 9.36 Å². The van der Waals surface area contributed by atoms with Crippen LogP contribution in [0, 0.1) is 0 Å². The van der Waals surface area contributed by atoms with E-state index in [0.717, 1.165) is 10.6 Å². The Balaban J connectivity index is 1.86. The van der Waals surface area contributed by atoms with Gasteiger partial charge in [-0.25, -0.2) is 9.97 Å². The van der Waals surface area contributed by atoms with E-state index in [1.807, 2.05) is 27.6 Å². The molecule has 0 radical (unpaired) electrons. The van der Waals surface area contributed by atoms with Gasteiger partial charge in [-0.1, -0.05) is 23.7 Å². The number of nitrogens with zero attached hydrogens (tertiary/aromatic N) is 6. The molecule has 0 aliphatic rings. The Labute approximate surface area is 121 Å². The molecule has 0 unspecified atom stereocenters. The third kappa shape index (κ3) is 3.03. The molecule has 0 fully saturated rings. The number of aromatic nitrogens is 6. The van der Waals surface area contributed by atoms with Crippen LogP contribution in [0.3, 0.4) is 0 Å². The van der Waals surface area contributed by atoms with Crippen molar-refractivity contribution in [3.63, 3.8) is 0 Å². The summed E-state index contributed by atoms with van der Waals surface area (Å²) in [6.07, 6.45) is 6.48. The number of hydrogen-bond acceptors (Lipinski definition) is 4. The predicted octanol–water partition coefficient (Wildman–Crippen LogP) is 2.01. The van der Waals surface area contributed by atoms with Crippen molar-refractivity contribution < 1.29 is 0 Å².